The van der Waals surface area contributed by atoms with E-state index in [1.54, 1.807) is 0 Å². The number of aromatic nitrogens is 1. The van der Waals surface area contributed by atoms with Crippen molar-refractivity contribution in [1.29, 1.82) is 0 Å². The van der Waals surface area contributed by atoms with Crippen LogP contribution in [0.15, 0.2) is 279 Å². The average molecular weight is 947 g/mol. The Balaban J connectivity index is 1.04. The summed E-state index contributed by atoms with van der Waals surface area (Å²) in [5.41, 5.74) is 18.5. The topological polar surface area (TPSA) is 8.17 Å². The Hall–Kier alpha value is -9.28. The van der Waals surface area contributed by atoms with E-state index in [4.69, 9.17) is 0 Å². The Bertz CT molecular complexity index is 4350. The normalized spacial score (nSPS) is 11.6. The van der Waals surface area contributed by atoms with Crippen molar-refractivity contribution < 1.29 is 0 Å². The van der Waals surface area contributed by atoms with E-state index < -0.39 is 0 Å². The zero-order valence-corrected chi connectivity index (χ0v) is 40.7. The van der Waals surface area contributed by atoms with E-state index in [1.165, 1.54) is 103 Å². The van der Waals surface area contributed by atoms with E-state index in [2.05, 4.69) is 289 Å². The highest BCUT2D eigenvalue weighted by molar-refractivity contribution is 7.25. The van der Waals surface area contributed by atoms with Crippen molar-refractivity contribution in [3.05, 3.63) is 279 Å². The highest BCUT2D eigenvalue weighted by atomic mass is 32.1. The summed E-state index contributed by atoms with van der Waals surface area (Å²) in [6.45, 7) is 0. The van der Waals surface area contributed by atoms with Crippen LogP contribution >= 0.6 is 11.3 Å². The molecule has 342 valence electrons. The van der Waals surface area contributed by atoms with E-state index in [0.29, 0.717) is 0 Å². The second-order valence-corrected chi connectivity index (χ2v) is 20.0. The molecule has 2 aromatic heterocycles. The summed E-state index contributed by atoms with van der Waals surface area (Å²) in [5, 5.41) is 7.43. The monoisotopic (exact) mass is 946 g/mol. The number of hydrogen-bond donors (Lipinski definition) is 0. The lowest BCUT2D eigenvalue weighted by molar-refractivity contribution is 1.18. The first-order valence-corrected chi connectivity index (χ1v) is 25.8. The first kappa shape index (κ1) is 42.6. The molecule has 3 heteroatoms. The molecule has 0 spiro atoms. The van der Waals surface area contributed by atoms with Crippen LogP contribution in [0.4, 0.5) is 17.1 Å². The third-order valence-electron chi connectivity index (χ3n) is 14.6. The van der Waals surface area contributed by atoms with Crippen LogP contribution in [0.5, 0.6) is 0 Å². The fourth-order valence-electron chi connectivity index (χ4n) is 11.0. The van der Waals surface area contributed by atoms with E-state index in [9.17, 15) is 0 Å². The average Bonchev–Trinajstić information content (AvgIpc) is 4.01. The first-order chi connectivity index (χ1) is 36.2. The molecule has 0 aliphatic rings. The fraction of sp³-hybridized carbons (Fsp3) is 0. The maximum Gasteiger partial charge on any atom is 0.0620 e. The second-order valence-electron chi connectivity index (χ2n) is 18.9. The molecule has 0 fully saturated rings. The van der Waals surface area contributed by atoms with Gasteiger partial charge in [-0.05, 0) is 134 Å². The van der Waals surface area contributed by atoms with Crippen LogP contribution in [0, 0.1) is 0 Å². The minimum absolute atomic E-state index is 1.08. The molecular formula is C70H46N2S. The van der Waals surface area contributed by atoms with Gasteiger partial charge in [-0.15, -0.1) is 11.3 Å². The van der Waals surface area contributed by atoms with Crippen molar-refractivity contribution in [3.63, 3.8) is 0 Å². The van der Waals surface area contributed by atoms with Crippen LogP contribution in [0.3, 0.4) is 0 Å². The van der Waals surface area contributed by atoms with Crippen molar-refractivity contribution in [1.82, 2.24) is 4.57 Å². The molecule has 0 unspecified atom stereocenters. The number of benzene rings is 12. The SMILES string of the molecule is c1ccc(-c2ccc(-n3c4ccc(N(c5ccc(-c6ccc7ccccc7c6)cc5)c5ccc6c(c5)sc5ccccc56)cc4c4cc(-c5ccccc5)cc(-c5ccccc5)c43)c(-c3ccccc3)c2)cc1. The number of rotatable bonds is 9. The molecule has 0 N–H and O–H groups in total. The third kappa shape index (κ3) is 7.58. The summed E-state index contributed by atoms with van der Waals surface area (Å²) in [7, 11) is 0. The lowest BCUT2D eigenvalue weighted by Gasteiger charge is -2.26. The van der Waals surface area contributed by atoms with Crippen LogP contribution in [-0.4, -0.2) is 4.57 Å². The molecule has 0 saturated carbocycles. The zero-order valence-electron chi connectivity index (χ0n) is 39.9. The molecule has 2 nitrogen and oxygen atoms in total. The van der Waals surface area contributed by atoms with Crippen LogP contribution in [0.1, 0.15) is 0 Å². The Morgan fingerprint density at radius 3 is 1.53 bits per heavy atom. The molecule has 14 aromatic rings. The van der Waals surface area contributed by atoms with Gasteiger partial charge in [-0.25, -0.2) is 0 Å². The quantitative estimate of drug-likeness (QED) is 0.140. The number of hydrogen-bond acceptors (Lipinski definition) is 2. The summed E-state index contributed by atoms with van der Waals surface area (Å²) in [5.74, 6) is 0. The molecule has 0 saturated heterocycles. The van der Waals surface area contributed by atoms with Gasteiger partial charge in [-0.3, -0.25) is 0 Å². The van der Waals surface area contributed by atoms with Crippen LogP contribution in [0.2, 0.25) is 0 Å². The maximum atomic E-state index is 2.54. The van der Waals surface area contributed by atoms with E-state index in [0.717, 1.165) is 28.3 Å². The molecule has 0 radical (unpaired) electrons. The predicted molar refractivity (Wildman–Crippen MR) is 313 cm³/mol. The van der Waals surface area contributed by atoms with Crippen molar-refractivity contribution in [2.75, 3.05) is 4.90 Å². The standard InChI is InChI=1S/C70H46N2S/c1-5-17-47(18-6-1)55-33-39-66(62(42-55)51-22-9-3-10-23-51)72-67-40-37-58(45-64(67)65-44-56(48-19-7-2-8-20-48)43-63(70(65)72)52-24-11-4-12-25-52)71(59-36-38-61-60-27-15-16-28-68(60)73-69(61)46-59)57-34-31-50(32-35-57)54-30-29-49-21-13-14-26-53(49)41-54/h1-46H. The van der Waals surface area contributed by atoms with Crippen molar-refractivity contribution in [2.24, 2.45) is 0 Å². The number of thiophene rings is 1. The summed E-state index contributed by atoms with van der Waals surface area (Å²) in [6, 6.07) is 103. The van der Waals surface area contributed by atoms with Gasteiger partial charge in [-0.1, -0.05) is 200 Å². The lowest BCUT2D eigenvalue weighted by Crippen LogP contribution is -2.09. The van der Waals surface area contributed by atoms with Gasteiger partial charge in [0, 0.05) is 59.1 Å². The molecule has 12 aromatic carbocycles. The highest BCUT2D eigenvalue weighted by Gasteiger charge is 2.24. The van der Waals surface area contributed by atoms with Crippen LogP contribution in [0.25, 0.3) is 114 Å². The number of anilines is 3. The summed E-state index contributed by atoms with van der Waals surface area (Å²) in [6.07, 6.45) is 0. The third-order valence-corrected chi connectivity index (χ3v) is 15.7. The van der Waals surface area contributed by atoms with E-state index in [1.807, 2.05) is 11.3 Å². The van der Waals surface area contributed by atoms with Gasteiger partial charge in [0.2, 0.25) is 0 Å². The van der Waals surface area contributed by atoms with Gasteiger partial charge >= 0.3 is 0 Å². The Morgan fingerprint density at radius 2 is 0.795 bits per heavy atom. The minimum atomic E-state index is 1.08. The van der Waals surface area contributed by atoms with E-state index >= 15 is 0 Å². The smallest absolute Gasteiger partial charge is 0.0620 e. The largest absolute Gasteiger partial charge is 0.310 e. The van der Waals surface area contributed by atoms with Crippen LogP contribution < -0.4 is 4.90 Å². The minimum Gasteiger partial charge on any atom is -0.310 e. The number of nitrogens with zero attached hydrogens (tertiary/aromatic N) is 2. The van der Waals surface area contributed by atoms with Crippen LogP contribution in [-0.2, 0) is 0 Å². The molecule has 2 heterocycles. The zero-order chi connectivity index (χ0) is 48.2. The predicted octanol–water partition coefficient (Wildman–Crippen LogP) is 20.1. The molecular weight excluding hydrogens is 901 g/mol. The molecule has 0 atom stereocenters. The maximum absolute atomic E-state index is 2.54. The van der Waals surface area contributed by atoms with Gasteiger partial charge in [0.25, 0.3) is 0 Å². The van der Waals surface area contributed by atoms with Gasteiger partial charge in [0.1, 0.15) is 0 Å². The van der Waals surface area contributed by atoms with Gasteiger partial charge in [0.15, 0.2) is 0 Å². The summed E-state index contributed by atoms with van der Waals surface area (Å²) >= 11 is 1.86. The molecule has 0 bridgehead atoms. The number of fused-ring (bicyclic) bond motifs is 7. The molecule has 0 aliphatic heterocycles. The molecule has 0 amide bonds. The van der Waals surface area contributed by atoms with Gasteiger partial charge in [0.05, 0.1) is 16.7 Å². The Morgan fingerprint density at radius 1 is 0.274 bits per heavy atom. The van der Waals surface area contributed by atoms with Crippen molar-refractivity contribution in [2.45, 2.75) is 0 Å². The Labute approximate surface area is 428 Å². The van der Waals surface area contributed by atoms with Crippen molar-refractivity contribution in [3.8, 4) is 61.3 Å². The lowest BCUT2D eigenvalue weighted by atomic mass is 9.95. The van der Waals surface area contributed by atoms with Gasteiger partial charge < -0.3 is 9.47 Å². The fourth-order valence-corrected chi connectivity index (χ4v) is 12.2. The summed E-state index contributed by atoms with van der Waals surface area (Å²) in [4.78, 5) is 2.44. The first-order valence-electron chi connectivity index (χ1n) is 25.0. The molecule has 0 aliphatic carbocycles. The van der Waals surface area contributed by atoms with E-state index in [-0.39, 0.29) is 0 Å². The molecule has 14 rings (SSSR count). The summed E-state index contributed by atoms with van der Waals surface area (Å²) < 4.78 is 5.10. The highest BCUT2D eigenvalue weighted by Crippen LogP contribution is 2.47. The van der Waals surface area contributed by atoms with Gasteiger partial charge in [-0.2, -0.15) is 0 Å². The Kier molecular flexibility index (Phi) is 10.4. The van der Waals surface area contributed by atoms with Crippen molar-refractivity contribution >= 4 is 81.1 Å². The second kappa shape index (κ2) is 17.8. The molecule has 73 heavy (non-hydrogen) atoms.